The van der Waals surface area contributed by atoms with Crippen LogP contribution in [-0.2, 0) is 4.79 Å². The molecule has 1 unspecified atom stereocenters. The predicted molar refractivity (Wildman–Crippen MR) is 73.3 cm³/mol. The SMILES string of the molecule is CC(C)C1CN(C(=O)CNCC2CC2)CCS1. The number of rotatable bonds is 5. The molecule has 1 aliphatic carbocycles. The summed E-state index contributed by atoms with van der Waals surface area (Å²) in [7, 11) is 0. The number of hydrogen-bond donors (Lipinski definition) is 1. The van der Waals surface area contributed by atoms with Crippen molar-refractivity contribution in [3.05, 3.63) is 0 Å². The van der Waals surface area contributed by atoms with E-state index in [1.165, 1.54) is 12.8 Å². The van der Waals surface area contributed by atoms with Gasteiger partial charge in [-0.1, -0.05) is 13.8 Å². The summed E-state index contributed by atoms with van der Waals surface area (Å²) in [6.07, 6.45) is 2.69. The average molecular weight is 256 g/mol. The molecule has 98 valence electrons. The van der Waals surface area contributed by atoms with E-state index in [1.54, 1.807) is 0 Å². The van der Waals surface area contributed by atoms with E-state index in [2.05, 4.69) is 19.2 Å². The minimum atomic E-state index is 0.289. The lowest BCUT2D eigenvalue weighted by Crippen LogP contribution is -2.46. The average Bonchev–Trinajstić information content (AvgIpc) is 3.13. The summed E-state index contributed by atoms with van der Waals surface area (Å²) in [6, 6.07) is 0. The minimum absolute atomic E-state index is 0.289. The first kappa shape index (κ1) is 13.2. The van der Waals surface area contributed by atoms with Gasteiger partial charge in [-0.3, -0.25) is 4.79 Å². The number of hydrogen-bond acceptors (Lipinski definition) is 3. The molecule has 0 radical (unpaired) electrons. The quantitative estimate of drug-likeness (QED) is 0.811. The van der Waals surface area contributed by atoms with E-state index in [-0.39, 0.29) is 5.91 Å². The van der Waals surface area contributed by atoms with Crippen molar-refractivity contribution in [1.29, 1.82) is 0 Å². The Balaban J connectivity index is 1.69. The molecule has 0 spiro atoms. The van der Waals surface area contributed by atoms with Gasteiger partial charge in [-0.2, -0.15) is 11.8 Å². The molecule has 1 N–H and O–H groups in total. The van der Waals surface area contributed by atoms with Gasteiger partial charge in [0.05, 0.1) is 6.54 Å². The van der Waals surface area contributed by atoms with Gasteiger partial charge in [0.2, 0.25) is 5.91 Å². The summed E-state index contributed by atoms with van der Waals surface area (Å²) < 4.78 is 0. The van der Waals surface area contributed by atoms with Gasteiger partial charge in [0.25, 0.3) is 0 Å². The molecule has 2 fully saturated rings. The van der Waals surface area contributed by atoms with Crippen molar-refractivity contribution in [3.63, 3.8) is 0 Å². The van der Waals surface area contributed by atoms with Gasteiger partial charge in [-0.15, -0.1) is 0 Å². The lowest BCUT2D eigenvalue weighted by molar-refractivity contribution is -0.130. The topological polar surface area (TPSA) is 32.3 Å². The van der Waals surface area contributed by atoms with Crippen LogP contribution >= 0.6 is 11.8 Å². The molecule has 1 saturated heterocycles. The standard InChI is InChI=1S/C13H24N2OS/c1-10(2)12-9-15(5-6-17-12)13(16)8-14-7-11-3-4-11/h10-12,14H,3-9H2,1-2H3. The van der Waals surface area contributed by atoms with E-state index >= 15 is 0 Å². The van der Waals surface area contributed by atoms with E-state index < -0.39 is 0 Å². The molecule has 0 aromatic carbocycles. The van der Waals surface area contributed by atoms with Crippen LogP contribution in [0.1, 0.15) is 26.7 Å². The van der Waals surface area contributed by atoms with Crippen molar-refractivity contribution in [3.8, 4) is 0 Å². The van der Waals surface area contributed by atoms with Gasteiger partial charge in [0.1, 0.15) is 0 Å². The second kappa shape index (κ2) is 6.10. The molecule has 0 aromatic heterocycles. The second-order valence-electron chi connectivity index (χ2n) is 5.57. The van der Waals surface area contributed by atoms with Gasteiger partial charge < -0.3 is 10.2 Å². The van der Waals surface area contributed by atoms with Gasteiger partial charge in [-0.05, 0) is 31.2 Å². The third-order valence-corrected chi connectivity index (χ3v) is 5.14. The van der Waals surface area contributed by atoms with Crippen molar-refractivity contribution in [2.45, 2.75) is 31.9 Å². The summed E-state index contributed by atoms with van der Waals surface area (Å²) >= 11 is 2.02. The Morgan fingerprint density at radius 1 is 1.47 bits per heavy atom. The monoisotopic (exact) mass is 256 g/mol. The van der Waals surface area contributed by atoms with E-state index in [1.807, 2.05) is 16.7 Å². The number of thioether (sulfide) groups is 1. The largest absolute Gasteiger partial charge is 0.340 e. The Morgan fingerprint density at radius 2 is 2.24 bits per heavy atom. The third-order valence-electron chi connectivity index (χ3n) is 3.60. The summed E-state index contributed by atoms with van der Waals surface area (Å²) in [5.41, 5.74) is 0. The number of amides is 1. The highest BCUT2D eigenvalue weighted by Gasteiger charge is 2.26. The molecule has 0 bridgehead atoms. The van der Waals surface area contributed by atoms with Crippen LogP contribution in [0.5, 0.6) is 0 Å². The van der Waals surface area contributed by atoms with E-state index in [0.717, 1.165) is 31.3 Å². The zero-order valence-corrected chi connectivity index (χ0v) is 11.8. The summed E-state index contributed by atoms with van der Waals surface area (Å²) in [6.45, 7) is 7.92. The molecular formula is C13H24N2OS. The van der Waals surface area contributed by atoms with Crippen molar-refractivity contribution < 1.29 is 4.79 Å². The number of carbonyl (C=O) groups is 1. The van der Waals surface area contributed by atoms with E-state index in [4.69, 9.17) is 0 Å². The summed E-state index contributed by atoms with van der Waals surface area (Å²) in [5.74, 6) is 2.90. The van der Waals surface area contributed by atoms with Crippen LogP contribution in [0.25, 0.3) is 0 Å². The molecule has 4 heteroatoms. The predicted octanol–water partition coefficient (Wildman–Crippen LogP) is 1.59. The first-order valence-electron chi connectivity index (χ1n) is 6.77. The van der Waals surface area contributed by atoms with Crippen molar-refractivity contribution in [2.24, 2.45) is 11.8 Å². The Hall–Kier alpha value is -0.220. The first-order valence-corrected chi connectivity index (χ1v) is 7.82. The molecule has 0 aromatic rings. The summed E-state index contributed by atoms with van der Waals surface area (Å²) in [4.78, 5) is 14.1. The van der Waals surface area contributed by atoms with Crippen LogP contribution < -0.4 is 5.32 Å². The van der Waals surface area contributed by atoms with Gasteiger partial charge in [-0.25, -0.2) is 0 Å². The fourth-order valence-corrected chi connectivity index (χ4v) is 3.42. The van der Waals surface area contributed by atoms with Crippen LogP contribution in [0.15, 0.2) is 0 Å². The zero-order valence-electron chi connectivity index (χ0n) is 10.9. The molecule has 2 rings (SSSR count). The molecular weight excluding hydrogens is 232 g/mol. The highest BCUT2D eigenvalue weighted by Crippen LogP contribution is 2.27. The van der Waals surface area contributed by atoms with Gasteiger partial charge in [0.15, 0.2) is 0 Å². The maximum absolute atomic E-state index is 12.0. The highest BCUT2D eigenvalue weighted by molar-refractivity contribution is 8.00. The Labute approximate surface area is 109 Å². The lowest BCUT2D eigenvalue weighted by atomic mass is 10.1. The van der Waals surface area contributed by atoms with Crippen LogP contribution in [0.3, 0.4) is 0 Å². The second-order valence-corrected chi connectivity index (χ2v) is 6.91. The van der Waals surface area contributed by atoms with E-state index in [0.29, 0.717) is 17.7 Å². The van der Waals surface area contributed by atoms with Crippen molar-refractivity contribution in [1.82, 2.24) is 10.2 Å². The fourth-order valence-electron chi connectivity index (χ4n) is 2.12. The van der Waals surface area contributed by atoms with Gasteiger partial charge >= 0.3 is 0 Å². The molecule has 1 aliphatic heterocycles. The number of nitrogens with zero attached hydrogens (tertiary/aromatic N) is 1. The third kappa shape index (κ3) is 4.18. The molecule has 1 atom stereocenters. The molecule has 1 amide bonds. The molecule has 1 heterocycles. The van der Waals surface area contributed by atoms with E-state index in [9.17, 15) is 4.79 Å². The van der Waals surface area contributed by atoms with Crippen LogP contribution in [0.4, 0.5) is 0 Å². The van der Waals surface area contributed by atoms with Crippen molar-refractivity contribution in [2.75, 3.05) is 31.9 Å². The fraction of sp³-hybridized carbons (Fsp3) is 0.923. The lowest BCUT2D eigenvalue weighted by Gasteiger charge is -2.34. The normalized spacial score (nSPS) is 25.4. The maximum Gasteiger partial charge on any atom is 0.236 e. The van der Waals surface area contributed by atoms with Crippen LogP contribution in [0, 0.1) is 11.8 Å². The van der Waals surface area contributed by atoms with Crippen molar-refractivity contribution >= 4 is 17.7 Å². The smallest absolute Gasteiger partial charge is 0.236 e. The Kier molecular flexibility index (Phi) is 4.74. The molecule has 1 saturated carbocycles. The Morgan fingerprint density at radius 3 is 2.88 bits per heavy atom. The molecule has 3 nitrogen and oxygen atoms in total. The van der Waals surface area contributed by atoms with Gasteiger partial charge in [0, 0.05) is 24.1 Å². The number of carbonyl (C=O) groups excluding carboxylic acids is 1. The highest BCUT2D eigenvalue weighted by atomic mass is 32.2. The summed E-state index contributed by atoms with van der Waals surface area (Å²) in [5, 5.41) is 3.91. The number of nitrogens with one attached hydrogen (secondary N) is 1. The Bertz CT molecular complexity index is 266. The molecule has 2 aliphatic rings. The van der Waals surface area contributed by atoms with Crippen LogP contribution in [-0.4, -0.2) is 48.0 Å². The maximum atomic E-state index is 12.0. The van der Waals surface area contributed by atoms with Crippen LogP contribution in [0.2, 0.25) is 0 Å². The molecule has 17 heavy (non-hydrogen) atoms. The first-order chi connectivity index (χ1) is 8.16. The zero-order chi connectivity index (χ0) is 12.3. The minimum Gasteiger partial charge on any atom is -0.340 e.